The minimum Gasteiger partial charge on any atom is -0.348 e. The van der Waals surface area contributed by atoms with Gasteiger partial charge in [-0.3, -0.25) is 9.69 Å². The molecule has 0 aromatic carbocycles. The molecule has 1 aliphatic rings. The molecule has 0 bridgehead atoms. The van der Waals surface area contributed by atoms with Crippen molar-refractivity contribution in [3.8, 4) is 0 Å². The van der Waals surface area contributed by atoms with Crippen molar-refractivity contribution in [1.29, 1.82) is 0 Å². The van der Waals surface area contributed by atoms with Crippen molar-refractivity contribution < 1.29 is 4.79 Å². The summed E-state index contributed by atoms with van der Waals surface area (Å²) in [5.74, 6) is 0.205. The molecule has 1 rings (SSSR count). The highest BCUT2D eigenvalue weighted by molar-refractivity contribution is 5.77. The summed E-state index contributed by atoms with van der Waals surface area (Å²) < 4.78 is 0. The largest absolute Gasteiger partial charge is 0.348 e. The van der Waals surface area contributed by atoms with E-state index in [4.69, 9.17) is 0 Å². The first kappa shape index (κ1) is 18.4. The van der Waals surface area contributed by atoms with Gasteiger partial charge < -0.3 is 15.1 Å². The van der Waals surface area contributed by atoms with Gasteiger partial charge in [0.15, 0.2) is 0 Å². The van der Waals surface area contributed by atoms with E-state index in [9.17, 15) is 4.79 Å². The lowest BCUT2D eigenvalue weighted by Crippen LogP contribution is -2.50. The second-order valence-corrected chi connectivity index (χ2v) is 6.39. The minimum absolute atomic E-state index is 0.205. The third-order valence-electron chi connectivity index (χ3n) is 4.39. The molecule has 124 valence electrons. The Kier molecular flexibility index (Phi) is 8.22. The van der Waals surface area contributed by atoms with Crippen molar-refractivity contribution in [2.24, 2.45) is 0 Å². The van der Waals surface area contributed by atoms with Crippen LogP contribution in [0.25, 0.3) is 0 Å². The first-order valence-corrected chi connectivity index (χ1v) is 8.37. The molecule has 1 amide bonds. The van der Waals surface area contributed by atoms with Crippen molar-refractivity contribution in [2.75, 3.05) is 53.4 Å². The van der Waals surface area contributed by atoms with Crippen molar-refractivity contribution in [1.82, 2.24) is 20.0 Å². The zero-order valence-corrected chi connectivity index (χ0v) is 14.6. The van der Waals surface area contributed by atoms with Gasteiger partial charge in [0.05, 0.1) is 6.54 Å². The lowest BCUT2D eigenvalue weighted by Gasteiger charge is -2.35. The second-order valence-electron chi connectivity index (χ2n) is 6.39. The fraction of sp³-hybridized carbons (Fsp3) is 0.938. The standard InChI is InChI=1S/C16H34N4O/c1-6-19(7-2)12-14(3)17-15-8-10-20(11-9-15)13-16(21)18(4)5/h14-15,17H,6-13H2,1-5H3. The van der Waals surface area contributed by atoms with Gasteiger partial charge in [-0.05, 0) is 32.9 Å². The number of likely N-dealkylation sites (tertiary alicyclic amines) is 1. The van der Waals surface area contributed by atoms with Crippen LogP contribution in [0.2, 0.25) is 0 Å². The van der Waals surface area contributed by atoms with Crippen LogP contribution in [0.15, 0.2) is 0 Å². The molecule has 1 N–H and O–H groups in total. The summed E-state index contributed by atoms with van der Waals surface area (Å²) in [5.41, 5.74) is 0. The molecule has 1 unspecified atom stereocenters. The summed E-state index contributed by atoms with van der Waals surface area (Å²) in [7, 11) is 3.65. The third kappa shape index (κ3) is 6.76. The summed E-state index contributed by atoms with van der Waals surface area (Å²) in [6.45, 7) is 12.7. The predicted octanol–water partition coefficient (Wildman–Crippen LogP) is 0.859. The van der Waals surface area contributed by atoms with E-state index in [1.54, 1.807) is 4.90 Å². The van der Waals surface area contributed by atoms with Crippen molar-refractivity contribution in [2.45, 2.75) is 45.7 Å². The van der Waals surface area contributed by atoms with Crippen LogP contribution in [-0.2, 0) is 4.79 Å². The van der Waals surface area contributed by atoms with Crippen molar-refractivity contribution >= 4 is 5.91 Å². The lowest BCUT2D eigenvalue weighted by molar-refractivity contribution is -0.130. The Hall–Kier alpha value is -0.650. The number of nitrogens with one attached hydrogen (secondary N) is 1. The van der Waals surface area contributed by atoms with Gasteiger partial charge in [-0.25, -0.2) is 0 Å². The second kappa shape index (κ2) is 9.38. The normalized spacial score (nSPS) is 19.0. The van der Waals surface area contributed by atoms with Crippen LogP contribution in [0.4, 0.5) is 0 Å². The number of likely N-dealkylation sites (N-methyl/N-ethyl adjacent to an activating group) is 2. The molecule has 1 saturated heterocycles. The molecule has 0 aromatic rings. The smallest absolute Gasteiger partial charge is 0.236 e. The molecule has 1 fully saturated rings. The first-order chi connectivity index (χ1) is 9.96. The maximum Gasteiger partial charge on any atom is 0.236 e. The Bertz CT molecular complexity index is 297. The zero-order valence-electron chi connectivity index (χ0n) is 14.6. The van der Waals surface area contributed by atoms with Crippen molar-refractivity contribution in [3.63, 3.8) is 0 Å². The van der Waals surface area contributed by atoms with E-state index in [0.29, 0.717) is 18.6 Å². The molecular formula is C16H34N4O. The van der Waals surface area contributed by atoms with Crippen LogP contribution >= 0.6 is 0 Å². The van der Waals surface area contributed by atoms with Gasteiger partial charge in [-0.1, -0.05) is 13.8 Å². The van der Waals surface area contributed by atoms with Crippen LogP contribution in [0.3, 0.4) is 0 Å². The quantitative estimate of drug-likeness (QED) is 0.721. The molecule has 1 atom stereocenters. The minimum atomic E-state index is 0.205. The van der Waals surface area contributed by atoms with E-state index < -0.39 is 0 Å². The van der Waals surface area contributed by atoms with Crippen LogP contribution in [0.5, 0.6) is 0 Å². The zero-order chi connectivity index (χ0) is 15.8. The topological polar surface area (TPSA) is 38.8 Å². The lowest BCUT2D eigenvalue weighted by atomic mass is 10.0. The molecule has 0 radical (unpaired) electrons. The number of rotatable bonds is 8. The summed E-state index contributed by atoms with van der Waals surface area (Å²) in [5, 5.41) is 3.75. The fourth-order valence-corrected chi connectivity index (χ4v) is 2.91. The van der Waals surface area contributed by atoms with Crippen LogP contribution in [0.1, 0.15) is 33.6 Å². The van der Waals surface area contributed by atoms with Gasteiger partial charge in [-0.15, -0.1) is 0 Å². The van der Waals surface area contributed by atoms with Gasteiger partial charge >= 0.3 is 0 Å². The number of hydrogen-bond donors (Lipinski definition) is 1. The van der Waals surface area contributed by atoms with Crippen molar-refractivity contribution in [3.05, 3.63) is 0 Å². The van der Waals surface area contributed by atoms with E-state index >= 15 is 0 Å². The first-order valence-electron chi connectivity index (χ1n) is 8.37. The molecule has 5 heteroatoms. The van der Waals surface area contributed by atoms with Gasteiger partial charge in [0.2, 0.25) is 5.91 Å². The Balaban J connectivity index is 2.25. The molecule has 0 spiro atoms. The number of carbonyl (C=O) groups excluding carboxylic acids is 1. The third-order valence-corrected chi connectivity index (χ3v) is 4.39. The monoisotopic (exact) mass is 298 g/mol. The fourth-order valence-electron chi connectivity index (χ4n) is 2.91. The molecule has 0 aromatic heterocycles. The predicted molar refractivity (Wildman–Crippen MR) is 88.5 cm³/mol. The summed E-state index contributed by atoms with van der Waals surface area (Å²) >= 11 is 0. The highest BCUT2D eigenvalue weighted by Crippen LogP contribution is 2.11. The Labute approximate surface area is 130 Å². The maximum atomic E-state index is 11.7. The Morgan fingerprint density at radius 3 is 2.29 bits per heavy atom. The number of hydrogen-bond acceptors (Lipinski definition) is 4. The Morgan fingerprint density at radius 1 is 1.24 bits per heavy atom. The number of amides is 1. The van der Waals surface area contributed by atoms with E-state index in [0.717, 1.165) is 45.6 Å². The van der Waals surface area contributed by atoms with E-state index in [1.807, 2.05) is 14.1 Å². The van der Waals surface area contributed by atoms with Crippen LogP contribution < -0.4 is 5.32 Å². The molecule has 1 aliphatic heterocycles. The number of nitrogens with zero attached hydrogens (tertiary/aromatic N) is 3. The number of piperidine rings is 1. The SMILES string of the molecule is CCN(CC)CC(C)NC1CCN(CC(=O)N(C)C)CC1. The van der Waals surface area contributed by atoms with Gasteiger partial charge in [0, 0.05) is 45.8 Å². The van der Waals surface area contributed by atoms with Gasteiger partial charge in [0.25, 0.3) is 0 Å². The van der Waals surface area contributed by atoms with Gasteiger partial charge in [0.1, 0.15) is 0 Å². The molecule has 0 saturated carbocycles. The average molecular weight is 298 g/mol. The van der Waals surface area contributed by atoms with E-state index in [2.05, 4.69) is 35.9 Å². The Morgan fingerprint density at radius 2 is 1.81 bits per heavy atom. The molecule has 0 aliphatic carbocycles. The summed E-state index contributed by atoms with van der Waals surface area (Å²) in [4.78, 5) is 18.1. The summed E-state index contributed by atoms with van der Waals surface area (Å²) in [6.07, 6.45) is 2.28. The maximum absolute atomic E-state index is 11.7. The molecule has 1 heterocycles. The molecule has 5 nitrogen and oxygen atoms in total. The highest BCUT2D eigenvalue weighted by atomic mass is 16.2. The van der Waals surface area contributed by atoms with E-state index in [1.165, 1.54) is 0 Å². The van der Waals surface area contributed by atoms with E-state index in [-0.39, 0.29) is 5.91 Å². The summed E-state index contributed by atoms with van der Waals surface area (Å²) in [6, 6.07) is 1.13. The number of carbonyl (C=O) groups is 1. The molecular weight excluding hydrogens is 264 g/mol. The highest BCUT2D eigenvalue weighted by Gasteiger charge is 2.22. The van der Waals surface area contributed by atoms with Crippen LogP contribution in [0, 0.1) is 0 Å². The van der Waals surface area contributed by atoms with Crippen LogP contribution in [-0.4, -0.2) is 86.1 Å². The average Bonchev–Trinajstić information content (AvgIpc) is 2.46. The molecule has 21 heavy (non-hydrogen) atoms. The van der Waals surface area contributed by atoms with Gasteiger partial charge in [-0.2, -0.15) is 0 Å².